The van der Waals surface area contributed by atoms with E-state index >= 15 is 0 Å². The van der Waals surface area contributed by atoms with Crippen molar-refractivity contribution >= 4 is 52.2 Å². The van der Waals surface area contributed by atoms with Gasteiger partial charge in [-0.2, -0.15) is 0 Å². The van der Waals surface area contributed by atoms with Crippen LogP contribution in [0.1, 0.15) is 25.0 Å². The van der Waals surface area contributed by atoms with E-state index in [1.54, 1.807) is 56.3 Å². The molecule has 0 radical (unpaired) electrons. The van der Waals surface area contributed by atoms with E-state index < -0.39 is 5.97 Å². The van der Waals surface area contributed by atoms with E-state index in [4.69, 9.17) is 21.1 Å². The first-order chi connectivity index (χ1) is 14.3. The van der Waals surface area contributed by atoms with Gasteiger partial charge in [0.05, 0.1) is 16.7 Å². The molecule has 0 saturated carbocycles. The van der Waals surface area contributed by atoms with E-state index in [-0.39, 0.29) is 18.6 Å². The molecule has 3 rings (SSSR count). The van der Waals surface area contributed by atoms with Crippen molar-refractivity contribution < 1.29 is 19.1 Å². The molecule has 1 N–H and O–H groups in total. The van der Waals surface area contributed by atoms with Crippen LogP contribution >= 0.6 is 23.4 Å². The summed E-state index contributed by atoms with van der Waals surface area (Å²) in [6, 6.07) is 12.5. The molecule has 156 valence electrons. The van der Waals surface area contributed by atoms with Crippen LogP contribution in [0.3, 0.4) is 0 Å². The number of thioether (sulfide) groups is 1. The minimum atomic E-state index is -0.419. The van der Waals surface area contributed by atoms with Gasteiger partial charge in [0.15, 0.2) is 11.8 Å². The van der Waals surface area contributed by atoms with Gasteiger partial charge in [-0.1, -0.05) is 29.8 Å². The zero-order valence-corrected chi connectivity index (χ0v) is 18.3. The first-order valence-corrected chi connectivity index (χ1v) is 10.5. The quantitative estimate of drug-likeness (QED) is 0.508. The lowest BCUT2D eigenvalue weighted by Crippen LogP contribution is -2.19. The van der Waals surface area contributed by atoms with E-state index in [0.717, 1.165) is 11.1 Å². The molecule has 8 heteroatoms. The van der Waals surface area contributed by atoms with Gasteiger partial charge in [-0.25, -0.2) is 9.79 Å². The van der Waals surface area contributed by atoms with Gasteiger partial charge in [0.1, 0.15) is 5.75 Å². The third-order valence-electron chi connectivity index (χ3n) is 3.95. The van der Waals surface area contributed by atoms with Crippen molar-refractivity contribution in [1.82, 2.24) is 5.32 Å². The molecular formula is C22H21ClN2O4S. The molecule has 0 spiro atoms. The first kappa shape index (κ1) is 21.9. The van der Waals surface area contributed by atoms with Crippen LogP contribution in [0.5, 0.6) is 5.75 Å². The number of rotatable bonds is 6. The monoisotopic (exact) mass is 444 g/mol. The summed E-state index contributed by atoms with van der Waals surface area (Å²) in [7, 11) is 0. The molecule has 2 aromatic rings. The largest absolute Gasteiger partial charge is 0.482 e. The van der Waals surface area contributed by atoms with E-state index in [1.165, 1.54) is 11.8 Å². The van der Waals surface area contributed by atoms with Crippen LogP contribution < -0.4 is 10.1 Å². The molecule has 1 aliphatic rings. The topological polar surface area (TPSA) is 77.0 Å². The molecule has 1 aliphatic heterocycles. The van der Waals surface area contributed by atoms with Gasteiger partial charge in [0.2, 0.25) is 0 Å². The Hall–Kier alpha value is -2.77. The molecule has 0 atom stereocenters. The van der Waals surface area contributed by atoms with E-state index in [2.05, 4.69) is 10.3 Å². The highest BCUT2D eigenvalue weighted by Gasteiger charge is 2.24. The molecule has 0 aromatic heterocycles. The number of amidine groups is 1. The molecule has 1 amide bonds. The predicted molar refractivity (Wildman–Crippen MR) is 120 cm³/mol. The summed E-state index contributed by atoms with van der Waals surface area (Å²) >= 11 is 7.29. The summed E-state index contributed by atoms with van der Waals surface area (Å²) in [5, 5.41) is 3.85. The first-order valence-electron chi connectivity index (χ1n) is 9.28. The number of carbonyl (C=O) groups is 2. The fourth-order valence-electron chi connectivity index (χ4n) is 2.54. The number of ether oxygens (including phenoxy) is 2. The summed E-state index contributed by atoms with van der Waals surface area (Å²) in [6.07, 6.45) is 1.59. The summed E-state index contributed by atoms with van der Waals surface area (Å²) in [5.74, 6) is -0.0905. The van der Waals surface area contributed by atoms with Crippen molar-refractivity contribution in [2.24, 2.45) is 4.99 Å². The zero-order valence-electron chi connectivity index (χ0n) is 16.8. The number of nitrogens with zero attached hydrogens (tertiary/aromatic N) is 1. The van der Waals surface area contributed by atoms with Crippen LogP contribution in [0, 0.1) is 6.92 Å². The highest BCUT2D eigenvalue weighted by molar-refractivity contribution is 8.18. The normalized spacial score (nSPS) is 16.2. The number of carbonyl (C=O) groups excluding carboxylic acids is 2. The van der Waals surface area contributed by atoms with Crippen LogP contribution in [0.25, 0.3) is 6.08 Å². The maximum atomic E-state index is 12.3. The van der Waals surface area contributed by atoms with Crippen molar-refractivity contribution in [3.8, 4) is 5.75 Å². The molecule has 1 saturated heterocycles. The fraction of sp³-hybridized carbons (Fsp3) is 0.227. The highest BCUT2D eigenvalue weighted by atomic mass is 35.5. The summed E-state index contributed by atoms with van der Waals surface area (Å²) in [4.78, 5) is 28.8. The standard InChI is InChI=1S/C22H21ClN2O4S/c1-13(2)29-20(26)12-28-17-8-5-15(6-9-17)10-19-21(27)25-22(30-19)24-18-11-16(23)7-4-14(18)3/h4-11,13H,12H2,1-3H3,(H,24,25,27)/b19-10-. The van der Waals surface area contributed by atoms with Gasteiger partial charge in [0.25, 0.3) is 5.91 Å². The highest BCUT2D eigenvalue weighted by Crippen LogP contribution is 2.30. The number of hydrogen-bond donors (Lipinski definition) is 1. The summed E-state index contributed by atoms with van der Waals surface area (Å²) in [6.45, 7) is 5.34. The molecule has 0 unspecified atom stereocenters. The summed E-state index contributed by atoms with van der Waals surface area (Å²) < 4.78 is 10.4. The SMILES string of the molecule is Cc1ccc(Cl)cc1N=C1NC(=O)/C(=C/c2ccc(OCC(=O)OC(C)C)cc2)S1. The number of nitrogens with one attached hydrogen (secondary N) is 1. The third kappa shape index (κ3) is 6.11. The van der Waals surface area contributed by atoms with Gasteiger partial charge in [-0.3, -0.25) is 4.79 Å². The van der Waals surface area contributed by atoms with Crippen molar-refractivity contribution in [3.63, 3.8) is 0 Å². The predicted octanol–water partition coefficient (Wildman–Crippen LogP) is 4.87. The Morgan fingerprint density at radius 2 is 1.97 bits per heavy atom. The van der Waals surface area contributed by atoms with E-state index in [9.17, 15) is 9.59 Å². The lowest BCUT2D eigenvalue weighted by molar-refractivity contribution is -0.149. The second kappa shape index (κ2) is 9.82. The Balaban J connectivity index is 1.65. The number of aryl methyl sites for hydroxylation is 1. The smallest absolute Gasteiger partial charge is 0.344 e. The third-order valence-corrected chi connectivity index (χ3v) is 5.09. The molecule has 30 heavy (non-hydrogen) atoms. The molecule has 1 heterocycles. The lowest BCUT2D eigenvalue weighted by Gasteiger charge is -2.09. The van der Waals surface area contributed by atoms with Gasteiger partial charge >= 0.3 is 5.97 Å². The maximum absolute atomic E-state index is 12.3. The Bertz CT molecular complexity index is 1020. The van der Waals surface area contributed by atoms with Gasteiger partial charge in [0, 0.05) is 5.02 Å². The van der Waals surface area contributed by atoms with Crippen molar-refractivity contribution in [3.05, 3.63) is 63.5 Å². The summed E-state index contributed by atoms with van der Waals surface area (Å²) in [5.41, 5.74) is 2.50. The van der Waals surface area contributed by atoms with Crippen LogP contribution in [0.2, 0.25) is 5.02 Å². The number of amides is 1. The average molecular weight is 445 g/mol. The Morgan fingerprint density at radius 3 is 2.67 bits per heavy atom. The molecule has 2 aromatic carbocycles. The van der Waals surface area contributed by atoms with Crippen LogP contribution in [0.15, 0.2) is 52.4 Å². The van der Waals surface area contributed by atoms with E-state index in [1.807, 2.05) is 13.0 Å². The van der Waals surface area contributed by atoms with Crippen LogP contribution in [-0.2, 0) is 14.3 Å². The number of hydrogen-bond acceptors (Lipinski definition) is 6. The fourth-order valence-corrected chi connectivity index (χ4v) is 3.54. The van der Waals surface area contributed by atoms with Crippen molar-refractivity contribution in [2.75, 3.05) is 6.61 Å². The number of esters is 1. The lowest BCUT2D eigenvalue weighted by atomic mass is 10.2. The molecule has 0 aliphatic carbocycles. The Labute approximate surface area is 184 Å². The van der Waals surface area contributed by atoms with Crippen LogP contribution in [0.4, 0.5) is 5.69 Å². The second-order valence-corrected chi connectivity index (χ2v) is 8.28. The maximum Gasteiger partial charge on any atom is 0.344 e. The second-order valence-electron chi connectivity index (χ2n) is 6.81. The average Bonchev–Trinajstić information content (AvgIpc) is 3.02. The minimum absolute atomic E-state index is 0.153. The van der Waals surface area contributed by atoms with Gasteiger partial charge in [-0.05, 0) is 74.0 Å². The molecule has 6 nitrogen and oxygen atoms in total. The Morgan fingerprint density at radius 1 is 1.23 bits per heavy atom. The molecule has 1 fully saturated rings. The van der Waals surface area contributed by atoms with Crippen LogP contribution in [-0.4, -0.2) is 29.8 Å². The molecule has 0 bridgehead atoms. The number of benzene rings is 2. The zero-order chi connectivity index (χ0) is 21.7. The molecular weight excluding hydrogens is 424 g/mol. The van der Waals surface area contributed by atoms with Gasteiger partial charge in [-0.15, -0.1) is 0 Å². The number of halogens is 1. The van der Waals surface area contributed by atoms with Crippen molar-refractivity contribution in [2.45, 2.75) is 26.9 Å². The van der Waals surface area contributed by atoms with E-state index in [0.29, 0.717) is 26.5 Å². The minimum Gasteiger partial charge on any atom is -0.482 e. The number of aliphatic imine (C=N–C) groups is 1. The Kier molecular flexibility index (Phi) is 7.18. The van der Waals surface area contributed by atoms with Gasteiger partial charge < -0.3 is 14.8 Å². The van der Waals surface area contributed by atoms with Crippen molar-refractivity contribution in [1.29, 1.82) is 0 Å².